The Kier molecular flexibility index (Phi) is 3.73. The molecule has 2 heterocycles. The summed E-state index contributed by atoms with van der Waals surface area (Å²) in [6.45, 7) is 0.523. The number of nitrogens with zero attached hydrogens (tertiary/aromatic N) is 3. The molecule has 18 heavy (non-hydrogen) atoms. The Morgan fingerprint density at radius 3 is 3.06 bits per heavy atom. The molecular weight excluding hydrogens is 232 g/mol. The molecule has 0 spiro atoms. The fourth-order valence-corrected chi connectivity index (χ4v) is 1.60. The van der Waals surface area contributed by atoms with Gasteiger partial charge in [0.25, 0.3) is 0 Å². The van der Waals surface area contributed by atoms with Gasteiger partial charge in [0.15, 0.2) is 0 Å². The molecule has 0 saturated heterocycles. The summed E-state index contributed by atoms with van der Waals surface area (Å²) in [5.74, 6) is -0.206. The lowest BCUT2D eigenvalue weighted by molar-refractivity contribution is -0.122. The van der Waals surface area contributed by atoms with Gasteiger partial charge in [-0.05, 0) is 0 Å². The zero-order valence-electron chi connectivity index (χ0n) is 10.1. The van der Waals surface area contributed by atoms with E-state index in [0.29, 0.717) is 18.5 Å². The van der Waals surface area contributed by atoms with Gasteiger partial charge in [-0.2, -0.15) is 5.10 Å². The van der Waals surface area contributed by atoms with Gasteiger partial charge in [0.2, 0.25) is 5.91 Å². The molecule has 0 aliphatic rings. The molecule has 1 amide bonds. The first-order valence-corrected chi connectivity index (χ1v) is 5.66. The first kappa shape index (κ1) is 12.3. The van der Waals surface area contributed by atoms with Crippen LogP contribution >= 0.6 is 0 Å². The first-order chi connectivity index (χ1) is 8.66. The molecule has 0 fully saturated rings. The van der Waals surface area contributed by atoms with Crippen LogP contribution in [0, 0.1) is 0 Å². The largest absolute Gasteiger partial charge is 0.354 e. The summed E-state index contributed by atoms with van der Waals surface area (Å²) < 4.78 is 1.62. The summed E-state index contributed by atoms with van der Waals surface area (Å²) in [5, 5.41) is 6.76. The van der Waals surface area contributed by atoms with Crippen LogP contribution in [0.25, 0.3) is 0 Å². The number of amides is 1. The number of aromatic nitrogens is 4. The number of rotatable bonds is 5. The van der Waals surface area contributed by atoms with Gasteiger partial charge in [0.05, 0.1) is 12.5 Å². The SMILES string of the molecule is Cn1cc(C(N)C(=O)NCCc2cnc[nH]2)cn1. The molecule has 0 aliphatic heterocycles. The Bertz CT molecular complexity index is 503. The number of carbonyl (C=O) groups excluding carboxylic acids is 1. The van der Waals surface area contributed by atoms with Crippen LogP contribution in [0.3, 0.4) is 0 Å². The standard InChI is InChI=1S/C11H16N6O/c1-17-6-8(4-16-17)10(12)11(18)14-3-2-9-5-13-7-15-9/h4-7,10H,2-3,12H2,1H3,(H,13,15)(H,14,18). The molecular formula is C11H16N6O. The second kappa shape index (κ2) is 5.46. The number of nitrogens with two attached hydrogens (primary N) is 1. The highest BCUT2D eigenvalue weighted by molar-refractivity contribution is 5.82. The van der Waals surface area contributed by atoms with Crippen LogP contribution in [0.4, 0.5) is 0 Å². The summed E-state index contributed by atoms with van der Waals surface area (Å²) in [6.07, 6.45) is 7.37. The third kappa shape index (κ3) is 2.95. The van der Waals surface area contributed by atoms with Crippen molar-refractivity contribution in [2.45, 2.75) is 12.5 Å². The molecule has 0 saturated carbocycles. The average Bonchev–Trinajstić information content (AvgIpc) is 2.99. The van der Waals surface area contributed by atoms with Gasteiger partial charge in [-0.1, -0.05) is 0 Å². The smallest absolute Gasteiger partial charge is 0.241 e. The van der Waals surface area contributed by atoms with Crippen molar-refractivity contribution < 1.29 is 4.79 Å². The number of H-pyrrole nitrogens is 1. The first-order valence-electron chi connectivity index (χ1n) is 5.66. The number of aromatic amines is 1. The highest BCUT2D eigenvalue weighted by atomic mass is 16.2. The summed E-state index contributed by atoms with van der Waals surface area (Å²) in [7, 11) is 1.78. The zero-order chi connectivity index (χ0) is 13.0. The predicted octanol–water partition coefficient (Wildman–Crippen LogP) is -0.498. The van der Waals surface area contributed by atoms with Crippen molar-refractivity contribution in [3.63, 3.8) is 0 Å². The van der Waals surface area contributed by atoms with Crippen LogP contribution in [0.1, 0.15) is 17.3 Å². The van der Waals surface area contributed by atoms with E-state index in [1.54, 1.807) is 36.6 Å². The molecule has 2 aromatic rings. The molecule has 0 radical (unpaired) electrons. The van der Waals surface area contributed by atoms with Gasteiger partial charge in [0.1, 0.15) is 6.04 Å². The number of imidazole rings is 1. The van der Waals surface area contributed by atoms with E-state index in [-0.39, 0.29) is 5.91 Å². The fraction of sp³-hybridized carbons (Fsp3) is 0.364. The number of carbonyl (C=O) groups is 1. The van der Waals surface area contributed by atoms with Gasteiger partial charge < -0.3 is 16.0 Å². The molecule has 7 nitrogen and oxygen atoms in total. The van der Waals surface area contributed by atoms with Crippen LogP contribution in [0.2, 0.25) is 0 Å². The zero-order valence-corrected chi connectivity index (χ0v) is 10.1. The normalized spacial score (nSPS) is 12.3. The third-order valence-corrected chi connectivity index (χ3v) is 2.61. The molecule has 2 rings (SSSR count). The van der Waals surface area contributed by atoms with Crippen molar-refractivity contribution >= 4 is 5.91 Å². The predicted molar refractivity (Wildman–Crippen MR) is 65.4 cm³/mol. The minimum absolute atomic E-state index is 0.206. The van der Waals surface area contributed by atoms with Crippen molar-refractivity contribution in [1.29, 1.82) is 0 Å². The Morgan fingerprint density at radius 2 is 2.44 bits per heavy atom. The van der Waals surface area contributed by atoms with Crippen molar-refractivity contribution in [2.24, 2.45) is 12.8 Å². The van der Waals surface area contributed by atoms with Gasteiger partial charge in [0, 0.05) is 43.7 Å². The molecule has 0 bridgehead atoms. The molecule has 0 aliphatic carbocycles. The summed E-state index contributed by atoms with van der Waals surface area (Å²) in [4.78, 5) is 18.7. The third-order valence-electron chi connectivity index (χ3n) is 2.61. The molecule has 1 atom stereocenters. The summed E-state index contributed by atoms with van der Waals surface area (Å²) >= 11 is 0. The Hall–Kier alpha value is -2.15. The van der Waals surface area contributed by atoms with Gasteiger partial charge in [-0.15, -0.1) is 0 Å². The molecule has 2 aromatic heterocycles. The van der Waals surface area contributed by atoms with E-state index in [0.717, 1.165) is 5.69 Å². The van der Waals surface area contributed by atoms with Crippen molar-refractivity contribution in [3.8, 4) is 0 Å². The van der Waals surface area contributed by atoms with Crippen LogP contribution in [-0.2, 0) is 18.3 Å². The van der Waals surface area contributed by atoms with Crippen LogP contribution < -0.4 is 11.1 Å². The molecule has 0 aromatic carbocycles. The van der Waals surface area contributed by atoms with E-state index < -0.39 is 6.04 Å². The molecule has 96 valence electrons. The second-order valence-electron chi connectivity index (χ2n) is 4.04. The van der Waals surface area contributed by atoms with Gasteiger partial charge in [-0.25, -0.2) is 4.98 Å². The van der Waals surface area contributed by atoms with E-state index >= 15 is 0 Å². The minimum Gasteiger partial charge on any atom is -0.354 e. The number of hydrogen-bond donors (Lipinski definition) is 3. The van der Waals surface area contributed by atoms with Crippen LogP contribution in [-0.4, -0.2) is 32.2 Å². The summed E-state index contributed by atoms with van der Waals surface area (Å²) in [6, 6.07) is -0.680. The van der Waals surface area contributed by atoms with E-state index in [1.807, 2.05) is 0 Å². The Balaban J connectivity index is 1.81. The average molecular weight is 248 g/mol. The molecule has 7 heteroatoms. The second-order valence-corrected chi connectivity index (χ2v) is 4.04. The summed E-state index contributed by atoms with van der Waals surface area (Å²) in [5.41, 5.74) is 7.51. The minimum atomic E-state index is -0.680. The molecule has 1 unspecified atom stereocenters. The van der Waals surface area contributed by atoms with E-state index in [4.69, 9.17) is 5.73 Å². The molecule has 4 N–H and O–H groups in total. The number of hydrogen-bond acceptors (Lipinski definition) is 4. The van der Waals surface area contributed by atoms with E-state index in [1.165, 1.54) is 0 Å². The lowest BCUT2D eigenvalue weighted by atomic mass is 10.1. The Labute approximate surface area is 104 Å². The van der Waals surface area contributed by atoms with E-state index in [2.05, 4.69) is 20.4 Å². The topological polar surface area (TPSA) is 102 Å². The monoisotopic (exact) mass is 248 g/mol. The lowest BCUT2D eigenvalue weighted by Gasteiger charge is -2.09. The van der Waals surface area contributed by atoms with Gasteiger partial charge in [-0.3, -0.25) is 9.48 Å². The maximum Gasteiger partial charge on any atom is 0.241 e. The van der Waals surface area contributed by atoms with Crippen molar-refractivity contribution in [3.05, 3.63) is 36.2 Å². The Morgan fingerprint density at radius 1 is 1.61 bits per heavy atom. The fourth-order valence-electron chi connectivity index (χ4n) is 1.60. The van der Waals surface area contributed by atoms with Crippen LogP contribution in [0.15, 0.2) is 24.9 Å². The van der Waals surface area contributed by atoms with Crippen molar-refractivity contribution in [1.82, 2.24) is 25.1 Å². The van der Waals surface area contributed by atoms with E-state index in [9.17, 15) is 4.79 Å². The highest BCUT2D eigenvalue weighted by Gasteiger charge is 2.16. The van der Waals surface area contributed by atoms with Crippen molar-refractivity contribution in [2.75, 3.05) is 6.54 Å². The lowest BCUT2D eigenvalue weighted by Crippen LogP contribution is -2.35. The highest BCUT2D eigenvalue weighted by Crippen LogP contribution is 2.08. The van der Waals surface area contributed by atoms with Crippen LogP contribution in [0.5, 0.6) is 0 Å². The maximum atomic E-state index is 11.8. The number of nitrogens with one attached hydrogen (secondary N) is 2. The van der Waals surface area contributed by atoms with Gasteiger partial charge >= 0.3 is 0 Å². The maximum absolute atomic E-state index is 11.8. The quantitative estimate of drug-likeness (QED) is 0.664. The number of aryl methyl sites for hydroxylation is 1.